The molecule has 0 aliphatic carbocycles. The maximum Gasteiger partial charge on any atom is 0.0809 e. The Labute approximate surface area is 155 Å². The van der Waals surface area contributed by atoms with E-state index in [1.54, 1.807) is 0 Å². The first kappa shape index (κ1) is 24.0. The molecule has 0 aliphatic heterocycles. The monoisotopic (exact) mass is 340 g/mol. The normalized spacial score (nSPS) is 13.4. The van der Waals surface area contributed by atoms with Gasteiger partial charge in [-0.3, -0.25) is 0 Å². The summed E-state index contributed by atoms with van der Waals surface area (Å²) in [7, 11) is 7.09. The molecule has 146 valence electrons. The van der Waals surface area contributed by atoms with Crippen molar-refractivity contribution in [1.29, 1.82) is 0 Å². The molecule has 0 radical (unpaired) electrons. The molecule has 24 heavy (non-hydrogen) atoms. The number of nitrogens with zero attached hydrogens (tertiary/aromatic N) is 1. The van der Waals surface area contributed by atoms with E-state index in [-0.39, 0.29) is 0 Å². The topological polar surface area (TPSA) is 0 Å². The standard InChI is InChI=1S/C23H50N/c1-6-8-10-12-14-15-17-19-21-23(22-24(3,4)5)20-18-16-13-11-9-7-2/h23H,6-22H2,1-5H3/q+1. The van der Waals surface area contributed by atoms with Gasteiger partial charge in [-0.15, -0.1) is 0 Å². The van der Waals surface area contributed by atoms with Crippen LogP contribution in [0.3, 0.4) is 0 Å². The Morgan fingerprint density at radius 3 is 1.17 bits per heavy atom. The fourth-order valence-electron chi connectivity index (χ4n) is 3.88. The van der Waals surface area contributed by atoms with Gasteiger partial charge in [0.2, 0.25) is 0 Å². The molecule has 0 spiro atoms. The van der Waals surface area contributed by atoms with Gasteiger partial charge in [0.15, 0.2) is 0 Å². The Morgan fingerprint density at radius 2 is 0.833 bits per heavy atom. The van der Waals surface area contributed by atoms with Gasteiger partial charge >= 0.3 is 0 Å². The molecule has 0 saturated carbocycles. The maximum absolute atomic E-state index is 2.36. The smallest absolute Gasteiger partial charge is 0.0809 e. The first-order valence-electron chi connectivity index (χ1n) is 11.3. The number of hydrogen-bond donors (Lipinski definition) is 0. The van der Waals surface area contributed by atoms with E-state index in [2.05, 4.69) is 35.0 Å². The van der Waals surface area contributed by atoms with Gasteiger partial charge in [0.25, 0.3) is 0 Å². The van der Waals surface area contributed by atoms with Crippen molar-refractivity contribution in [2.24, 2.45) is 5.92 Å². The van der Waals surface area contributed by atoms with E-state index in [0.29, 0.717) is 0 Å². The summed E-state index contributed by atoms with van der Waals surface area (Å²) in [4.78, 5) is 0. The summed E-state index contributed by atoms with van der Waals surface area (Å²) in [6.07, 6.45) is 23.2. The SMILES string of the molecule is CCCCCCCCCCC(CCCCCCCC)C[N+](C)(C)C. The first-order chi connectivity index (χ1) is 11.5. The van der Waals surface area contributed by atoms with Crippen LogP contribution in [0.15, 0.2) is 0 Å². The van der Waals surface area contributed by atoms with Crippen molar-refractivity contribution >= 4 is 0 Å². The maximum atomic E-state index is 2.36. The number of rotatable bonds is 18. The molecular weight excluding hydrogens is 290 g/mol. The molecule has 0 aromatic rings. The second kappa shape index (κ2) is 16.4. The third kappa shape index (κ3) is 18.3. The van der Waals surface area contributed by atoms with Crippen molar-refractivity contribution in [3.63, 3.8) is 0 Å². The first-order valence-corrected chi connectivity index (χ1v) is 11.3. The van der Waals surface area contributed by atoms with Gasteiger partial charge in [-0.05, 0) is 12.8 Å². The Kier molecular flexibility index (Phi) is 16.4. The van der Waals surface area contributed by atoms with Crippen molar-refractivity contribution in [2.45, 2.75) is 117 Å². The Balaban J connectivity index is 3.76. The average molecular weight is 341 g/mol. The van der Waals surface area contributed by atoms with E-state index in [1.807, 2.05) is 0 Å². The van der Waals surface area contributed by atoms with Gasteiger partial charge in [-0.25, -0.2) is 0 Å². The lowest BCUT2D eigenvalue weighted by Crippen LogP contribution is -2.39. The van der Waals surface area contributed by atoms with E-state index in [9.17, 15) is 0 Å². The zero-order chi connectivity index (χ0) is 18.1. The molecule has 1 heteroatoms. The lowest BCUT2D eigenvalue weighted by atomic mass is 9.93. The summed E-state index contributed by atoms with van der Waals surface area (Å²) >= 11 is 0. The highest BCUT2D eigenvalue weighted by Gasteiger charge is 2.17. The van der Waals surface area contributed by atoms with Gasteiger partial charge in [0.05, 0.1) is 27.7 Å². The van der Waals surface area contributed by atoms with Gasteiger partial charge in [0.1, 0.15) is 0 Å². The molecule has 1 nitrogen and oxygen atoms in total. The van der Waals surface area contributed by atoms with E-state index >= 15 is 0 Å². The van der Waals surface area contributed by atoms with Crippen LogP contribution in [0, 0.1) is 5.92 Å². The van der Waals surface area contributed by atoms with E-state index in [0.717, 1.165) is 10.4 Å². The molecule has 0 N–H and O–H groups in total. The summed E-state index contributed by atoms with van der Waals surface area (Å²) in [5.74, 6) is 0.955. The van der Waals surface area contributed by atoms with Crippen molar-refractivity contribution in [3.05, 3.63) is 0 Å². The quantitative estimate of drug-likeness (QED) is 0.178. The zero-order valence-electron chi connectivity index (χ0n) is 18.0. The second-order valence-electron chi connectivity index (χ2n) is 9.16. The summed E-state index contributed by atoms with van der Waals surface area (Å²) < 4.78 is 1.14. The van der Waals surface area contributed by atoms with E-state index < -0.39 is 0 Å². The van der Waals surface area contributed by atoms with Crippen molar-refractivity contribution < 1.29 is 4.48 Å². The third-order valence-corrected chi connectivity index (χ3v) is 5.24. The predicted molar refractivity (Wildman–Crippen MR) is 112 cm³/mol. The molecular formula is C23H50N+. The fourth-order valence-corrected chi connectivity index (χ4v) is 3.88. The summed E-state index contributed by atoms with van der Waals surface area (Å²) in [6.45, 7) is 5.98. The van der Waals surface area contributed by atoms with Crippen LogP contribution in [0.4, 0.5) is 0 Å². The molecule has 0 bridgehead atoms. The fraction of sp³-hybridized carbons (Fsp3) is 1.00. The van der Waals surface area contributed by atoms with Crippen LogP contribution in [0.1, 0.15) is 117 Å². The van der Waals surface area contributed by atoms with Crippen LogP contribution in [0.5, 0.6) is 0 Å². The van der Waals surface area contributed by atoms with E-state index in [4.69, 9.17) is 0 Å². The molecule has 0 heterocycles. The molecule has 1 atom stereocenters. The van der Waals surface area contributed by atoms with Gasteiger partial charge in [-0.1, -0.05) is 104 Å². The molecule has 0 aliphatic rings. The summed E-state index contributed by atoms with van der Waals surface area (Å²) in [5, 5.41) is 0. The molecule has 1 unspecified atom stereocenters. The molecule has 0 saturated heterocycles. The van der Waals surface area contributed by atoms with Crippen LogP contribution >= 0.6 is 0 Å². The van der Waals surface area contributed by atoms with Crippen LogP contribution < -0.4 is 0 Å². The highest BCUT2D eigenvalue weighted by atomic mass is 15.3. The average Bonchev–Trinajstić information content (AvgIpc) is 2.51. The minimum Gasteiger partial charge on any atom is -0.331 e. The van der Waals surface area contributed by atoms with Crippen LogP contribution in [-0.4, -0.2) is 32.2 Å². The van der Waals surface area contributed by atoms with Gasteiger partial charge in [-0.2, -0.15) is 0 Å². The predicted octanol–water partition coefficient (Wildman–Crippen LogP) is 7.59. The summed E-state index contributed by atoms with van der Waals surface area (Å²) in [6, 6.07) is 0. The zero-order valence-corrected chi connectivity index (χ0v) is 18.0. The minimum absolute atomic E-state index is 0.955. The van der Waals surface area contributed by atoms with Crippen LogP contribution in [-0.2, 0) is 0 Å². The number of unbranched alkanes of at least 4 members (excludes halogenated alkanes) is 12. The van der Waals surface area contributed by atoms with Crippen LogP contribution in [0.2, 0.25) is 0 Å². The minimum atomic E-state index is 0.955. The highest BCUT2D eigenvalue weighted by Crippen LogP contribution is 2.21. The number of quaternary nitrogens is 1. The lowest BCUT2D eigenvalue weighted by molar-refractivity contribution is -0.874. The highest BCUT2D eigenvalue weighted by molar-refractivity contribution is 4.60. The lowest BCUT2D eigenvalue weighted by Gasteiger charge is -2.29. The third-order valence-electron chi connectivity index (χ3n) is 5.24. The Hall–Kier alpha value is -0.0400. The van der Waals surface area contributed by atoms with Crippen molar-refractivity contribution in [2.75, 3.05) is 27.7 Å². The summed E-state index contributed by atoms with van der Waals surface area (Å²) in [5.41, 5.74) is 0. The molecule has 0 aromatic heterocycles. The van der Waals surface area contributed by atoms with Gasteiger partial charge < -0.3 is 4.48 Å². The Morgan fingerprint density at radius 1 is 0.500 bits per heavy atom. The van der Waals surface area contributed by atoms with E-state index in [1.165, 1.54) is 109 Å². The van der Waals surface area contributed by atoms with Crippen molar-refractivity contribution in [1.82, 2.24) is 0 Å². The number of hydrogen-bond acceptors (Lipinski definition) is 0. The van der Waals surface area contributed by atoms with Crippen LogP contribution in [0.25, 0.3) is 0 Å². The second-order valence-corrected chi connectivity index (χ2v) is 9.16. The molecule has 0 fully saturated rings. The van der Waals surface area contributed by atoms with Crippen molar-refractivity contribution in [3.8, 4) is 0 Å². The Bertz CT molecular complexity index is 241. The molecule has 0 amide bonds. The largest absolute Gasteiger partial charge is 0.331 e. The van der Waals surface area contributed by atoms with Gasteiger partial charge in [0, 0.05) is 5.92 Å². The molecule has 0 aromatic carbocycles. The molecule has 0 rings (SSSR count).